The van der Waals surface area contributed by atoms with E-state index in [1.807, 2.05) is 24.3 Å². The quantitative estimate of drug-likeness (QED) is 0.868. The van der Waals surface area contributed by atoms with Crippen LogP contribution in [0.4, 0.5) is 0 Å². The highest BCUT2D eigenvalue weighted by molar-refractivity contribution is 9.11. The number of halogens is 1. The Morgan fingerprint density at radius 3 is 2.70 bits per heavy atom. The molecule has 2 N–H and O–H groups in total. The van der Waals surface area contributed by atoms with Crippen molar-refractivity contribution in [2.45, 2.75) is 22.8 Å². The second-order valence-electron chi connectivity index (χ2n) is 4.63. The van der Waals surface area contributed by atoms with Crippen LogP contribution < -0.4 is 4.72 Å². The molecule has 1 aliphatic rings. The topological polar surface area (TPSA) is 66.4 Å². The molecule has 2 aromatic rings. The highest BCUT2D eigenvalue weighted by Gasteiger charge is 2.34. The summed E-state index contributed by atoms with van der Waals surface area (Å²) < 4.78 is 28.2. The minimum Gasteiger partial charge on any atom is -0.391 e. The van der Waals surface area contributed by atoms with Crippen molar-refractivity contribution in [1.82, 2.24) is 4.72 Å². The molecular weight excluding hydrogens is 362 g/mol. The number of rotatable bonds is 3. The van der Waals surface area contributed by atoms with Crippen LogP contribution in [0.15, 0.2) is 44.4 Å². The van der Waals surface area contributed by atoms with E-state index < -0.39 is 22.2 Å². The number of nitrogens with one attached hydrogen (secondary N) is 1. The first-order valence-electron chi connectivity index (χ1n) is 6.01. The number of aliphatic hydroxyl groups is 1. The van der Waals surface area contributed by atoms with Gasteiger partial charge in [0.2, 0.25) is 0 Å². The van der Waals surface area contributed by atoms with Crippen molar-refractivity contribution in [2.24, 2.45) is 0 Å². The summed E-state index contributed by atoms with van der Waals surface area (Å²) in [6.45, 7) is 0. The first-order valence-corrected chi connectivity index (χ1v) is 9.10. The zero-order valence-electron chi connectivity index (χ0n) is 10.3. The lowest BCUT2D eigenvalue weighted by molar-refractivity contribution is 0.151. The second kappa shape index (κ2) is 5.23. The Morgan fingerprint density at radius 2 is 2.00 bits per heavy atom. The van der Waals surface area contributed by atoms with E-state index in [9.17, 15) is 13.5 Å². The maximum Gasteiger partial charge on any atom is 0.250 e. The third kappa shape index (κ3) is 2.56. The zero-order valence-corrected chi connectivity index (χ0v) is 13.5. The van der Waals surface area contributed by atoms with Crippen LogP contribution in [0.2, 0.25) is 0 Å². The Morgan fingerprint density at radius 1 is 1.25 bits per heavy atom. The molecule has 2 atom stereocenters. The van der Waals surface area contributed by atoms with E-state index in [4.69, 9.17) is 0 Å². The predicted octanol–water partition coefficient (Wildman–Crippen LogP) is 2.45. The van der Waals surface area contributed by atoms with Gasteiger partial charge in [0.1, 0.15) is 4.21 Å². The van der Waals surface area contributed by atoms with Gasteiger partial charge in [0.05, 0.1) is 15.9 Å². The van der Waals surface area contributed by atoms with Gasteiger partial charge in [0, 0.05) is 6.42 Å². The van der Waals surface area contributed by atoms with Crippen LogP contribution >= 0.6 is 27.3 Å². The first kappa shape index (κ1) is 14.2. The SMILES string of the molecule is O=S(=O)(N[C@H]1c2ccccc2C[C@H]1O)c1ccc(Br)s1. The highest BCUT2D eigenvalue weighted by atomic mass is 79.9. The Kier molecular flexibility index (Phi) is 3.72. The molecule has 4 nitrogen and oxygen atoms in total. The minimum absolute atomic E-state index is 0.237. The summed E-state index contributed by atoms with van der Waals surface area (Å²) in [6.07, 6.45) is -0.261. The van der Waals surface area contributed by atoms with Gasteiger partial charge in [-0.15, -0.1) is 11.3 Å². The van der Waals surface area contributed by atoms with Crippen molar-refractivity contribution < 1.29 is 13.5 Å². The minimum atomic E-state index is -3.62. The van der Waals surface area contributed by atoms with Crippen LogP contribution in [0.25, 0.3) is 0 Å². The Labute approximate surface area is 129 Å². The van der Waals surface area contributed by atoms with Gasteiger partial charge in [-0.1, -0.05) is 24.3 Å². The normalized spacial score (nSPS) is 21.9. The summed E-state index contributed by atoms with van der Waals surface area (Å²) in [4.78, 5) is 0. The molecule has 0 bridgehead atoms. The van der Waals surface area contributed by atoms with Gasteiger partial charge in [-0.05, 0) is 39.2 Å². The van der Waals surface area contributed by atoms with E-state index in [1.165, 1.54) is 0 Å². The molecule has 1 aromatic carbocycles. The molecule has 1 aromatic heterocycles. The zero-order chi connectivity index (χ0) is 14.3. The molecule has 106 valence electrons. The van der Waals surface area contributed by atoms with Crippen LogP contribution in [0.1, 0.15) is 17.2 Å². The summed E-state index contributed by atoms with van der Waals surface area (Å²) in [6, 6.07) is 10.1. The lowest BCUT2D eigenvalue weighted by Crippen LogP contribution is -2.33. The van der Waals surface area contributed by atoms with E-state index >= 15 is 0 Å². The Hall–Kier alpha value is -0.730. The van der Waals surface area contributed by atoms with Crippen LogP contribution in [0.5, 0.6) is 0 Å². The first-order chi connectivity index (χ1) is 9.47. The number of benzene rings is 1. The third-order valence-electron chi connectivity index (χ3n) is 3.30. The summed E-state index contributed by atoms with van der Waals surface area (Å²) in [5.41, 5.74) is 1.83. The number of hydrogen-bond acceptors (Lipinski definition) is 4. The maximum absolute atomic E-state index is 12.3. The van der Waals surface area contributed by atoms with Gasteiger partial charge >= 0.3 is 0 Å². The van der Waals surface area contributed by atoms with Crippen LogP contribution in [0, 0.1) is 0 Å². The molecule has 0 fully saturated rings. The highest BCUT2D eigenvalue weighted by Crippen LogP contribution is 2.34. The van der Waals surface area contributed by atoms with Gasteiger partial charge in [0.15, 0.2) is 0 Å². The van der Waals surface area contributed by atoms with E-state index in [1.54, 1.807) is 12.1 Å². The fourth-order valence-electron chi connectivity index (χ4n) is 2.38. The predicted molar refractivity (Wildman–Crippen MR) is 81.2 cm³/mol. The molecule has 0 amide bonds. The molecule has 0 aliphatic heterocycles. The van der Waals surface area contributed by atoms with Crippen LogP contribution in [0.3, 0.4) is 0 Å². The molecule has 0 saturated heterocycles. The maximum atomic E-state index is 12.3. The van der Waals surface area contributed by atoms with E-state index in [0.29, 0.717) is 6.42 Å². The number of fused-ring (bicyclic) bond motifs is 1. The standard InChI is InChI=1S/C13H12BrNO3S2/c14-11-5-6-12(19-11)20(17,18)15-13-9-4-2-1-3-8(9)7-10(13)16/h1-6,10,13,15-16H,7H2/t10-,13+/m1/s1. The van der Waals surface area contributed by atoms with Crippen molar-refractivity contribution in [3.8, 4) is 0 Å². The van der Waals surface area contributed by atoms with Gasteiger partial charge in [-0.25, -0.2) is 13.1 Å². The molecule has 1 aliphatic carbocycles. The second-order valence-corrected chi connectivity index (χ2v) is 9.03. The average molecular weight is 374 g/mol. The smallest absolute Gasteiger partial charge is 0.250 e. The summed E-state index contributed by atoms with van der Waals surface area (Å²) in [7, 11) is -3.62. The van der Waals surface area contributed by atoms with Gasteiger partial charge in [-0.2, -0.15) is 0 Å². The van der Waals surface area contributed by atoms with Crippen molar-refractivity contribution in [3.05, 3.63) is 51.3 Å². The van der Waals surface area contributed by atoms with Crippen molar-refractivity contribution in [2.75, 3.05) is 0 Å². The number of aliphatic hydroxyl groups excluding tert-OH is 1. The van der Waals surface area contributed by atoms with Crippen molar-refractivity contribution in [3.63, 3.8) is 0 Å². The Balaban J connectivity index is 1.92. The Bertz CT molecular complexity index is 742. The number of hydrogen-bond donors (Lipinski definition) is 2. The lowest BCUT2D eigenvalue weighted by Gasteiger charge is -2.17. The molecule has 7 heteroatoms. The average Bonchev–Trinajstić information content (AvgIpc) is 2.95. The summed E-state index contributed by atoms with van der Waals surface area (Å²) in [5.74, 6) is 0. The fourth-order valence-corrected chi connectivity index (χ4v) is 5.66. The van der Waals surface area contributed by atoms with Gasteiger partial charge < -0.3 is 5.11 Å². The van der Waals surface area contributed by atoms with E-state index in [2.05, 4.69) is 20.7 Å². The summed E-state index contributed by atoms with van der Waals surface area (Å²) >= 11 is 4.40. The van der Waals surface area contributed by atoms with Crippen LogP contribution in [-0.2, 0) is 16.4 Å². The monoisotopic (exact) mass is 373 g/mol. The third-order valence-corrected chi connectivity index (χ3v) is 6.86. The number of thiophene rings is 1. The van der Waals surface area contributed by atoms with Crippen LogP contribution in [-0.4, -0.2) is 19.6 Å². The molecule has 0 radical (unpaired) electrons. The largest absolute Gasteiger partial charge is 0.391 e. The summed E-state index contributed by atoms with van der Waals surface area (Å²) in [5, 5.41) is 10.1. The molecule has 0 spiro atoms. The molecule has 1 heterocycles. The fraction of sp³-hybridized carbons (Fsp3) is 0.231. The molecule has 0 unspecified atom stereocenters. The molecular formula is C13H12BrNO3S2. The van der Waals surface area contributed by atoms with Crippen molar-refractivity contribution >= 4 is 37.3 Å². The van der Waals surface area contributed by atoms with E-state index in [0.717, 1.165) is 26.3 Å². The molecule has 20 heavy (non-hydrogen) atoms. The molecule has 0 saturated carbocycles. The van der Waals surface area contributed by atoms with Gasteiger partial charge in [0.25, 0.3) is 10.0 Å². The lowest BCUT2D eigenvalue weighted by atomic mass is 10.1. The molecule has 3 rings (SSSR count). The number of sulfonamides is 1. The van der Waals surface area contributed by atoms with E-state index in [-0.39, 0.29) is 4.21 Å². The van der Waals surface area contributed by atoms with Gasteiger partial charge in [-0.3, -0.25) is 0 Å². The van der Waals surface area contributed by atoms with Crippen molar-refractivity contribution in [1.29, 1.82) is 0 Å².